The third-order valence-corrected chi connectivity index (χ3v) is 6.69. The van der Waals surface area contributed by atoms with E-state index in [2.05, 4.69) is 36.2 Å². The zero-order valence-corrected chi connectivity index (χ0v) is 19.6. The summed E-state index contributed by atoms with van der Waals surface area (Å²) in [6.07, 6.45) is 5.80. The van der Waals surface area contributed by atoms with Crippen LogP contribution in [0, 0.1) is 0 Å². The topological polar surface area (TPSA) is 55.8 Å². The van der Waals surface area contributed by atoms with E-state index in [1.54, 1.807) is 14.2 Å². The second kappa shape index (κ2) is 9.61. The van der Waals surface area contributed by atoms with Crippen LogP contribution in [0.15, 0.2) is 12.1 Å². The molecule has 0 radical (unpaired) electrons. The molecule has 0 atom stereocenters. The molecule has 1 fully saturated rings. The average Bonchev–Trinajstić information content (AvgIpc) is 3.38. The molecule has 2 aliphatic rings. The molecule has 2 aromatic rings. The van der Waals surface area contributed by atoms with Crippen LogP contribution in [0.3, 0.4) is 0 Å². The molecule has 1 aliphatic carbocycles. The van der Waals surface area contributed by atoms with Gasteiger partial charge in [-0.25, -0.2) is 0 Å². The van der Waals surface area contributed by atoms with Crippen LogP contribution in [0.25, 0.3) is 10.9 Å². The van der Waals surface area contributed by atoms with E-state index in [9.17, 15) is 0 Å². The minimum absolute atomic E-state index is 0.101. The fourth-order valence-electron chi connectivity index (χ4n) is 5.00. The molecular weight excluding hydrogens is 390 g/mol. The van der Waals surface area contributed by atoms with Gasteiger partial charge in [0.1, 0.15) is 0 Å². The van der Waals surface area contributed by atoms with Crippen LogP contribution in [-0.4, -0.2) is 63.5 Å². The lowest BCUT2D eigenvalue weighted by molar-refractivity contribution is 0.211. The number of likely N-dealkylation sites (tertiary alicyclic amines) is 1. The summed E-state index contributed by atoms with van der Waals surface area (Å²) in [4.78, 5) is 7.57. The van der Waals surface area contributed by atoms with Gasteiger partial charge in [0.15, 0.2) is 11.5 Å². The van der Waals surface area contributed by atoms with Crippen molar-refractivity contribution in [2.75, 3.05) is 58.9 Å². The van der Waals surface area contributed by atoms with Crippen LogP contribution in [0.4, 0.5) is 5.69 Å². The van der Waals surface area contributed by atoms with Gasteiger partial charge in [-0.1, -0.05) is 13.8 Å². The summed E-state index contributed by atoms with van der Waals surface area (Å²) in [6.45, 7) is 10.3. The summed E-state index contributed by atoms with van der Waals surface area (Å²) in [5, 5.41) is 4.72. The fraction of sp³-hybridized carbons (Fsp3) is 0.640. The summed E-state index contributed by atoms with van der Waals surface area (Å²) in [5.41, 5.74) is 4.76. The number of anilines is 1. The van der Waals surface area contributed by atoms with Crippen LogP contribution < -0.4 is 14.8 Å². The van der Waals surface area contributed by atoms with E-state index in [1.165, 1.54) is 42.9 Å². The number of pyridine rings is 1. The number of benzene rings is 1. The van der Waals surface area contributed by atoms with Crippen molar-refractivity contribution in [3.63, 3.8) is 0 Å². The summed E-state index contributed by atoms with van der Waals surface area (Å²) in [6, 6.07) is 4.14. The Morgan fingerprint density at radius 3 is 2.65 bits per heavy atom. The highest BCUT2D eigenvalue weighted by Gasteiger charge is 2.35. The van der Waals surface area contributed by atoms with E-state index in [0.29, 0.717) is 13.2 Å². The van der Waals surface area contributed by atoms with Gasteiger partial charge in [-0.2, -0.15) is 0 Å². The number of aromatic nitrogens is 1. The van der Waals surface area contributed by atoms with Gasteiger partial charge in [-0.15, -0.1) is 0 Å². The van der Waals surface area contributed by atoms with Crippen LogP contribution in [0.1, 0.15) is 50.8 Å². The molecule has 0 spiro atoms. The van der Waals surface area contributed by atoms with Gasteiger partial charge in [-0.3, -0.25) is 4.98 Å². The maximum atomic E-state index is 6.16. The Bertz CT molecular complexity index is 907. The molecule has 4 rings (SSSR count). The first-order valence-electron chi connectivity index (χ1n) is 11.7. The number of rotatable bonds is 10. The molecule has 0 unspecified atom stereocenters. The number of methoxy groups -OCH3 is 2. The molecule has 1 aromatic carbocycles. The second-order valence-electron chi connectivity index (χ2n) is 9.38. The number of hydrogen-bond acceptors (Lipinski definition) is 6. The van der Waals surface area contributed by atoms with Gasteiger partial charge in [0, 0.05) is 48.6 Å². The maximum Gasteiger partial charge on any atom is 0.163 e. The fourth-order valence-corrected chi connectivity index (χ4v) is 5.00. The number of nitrogens with one attached hydrogen (secondary N) is 1. The number of nitrogens with zero attached hydrogens (tertiary/aromatic N) is 2. The standard InChI is InChI=1S/C25H37N3O3/c1-25(2)9-8-19-23(25)24(26-10-15-29-3)18-16-21(30-4)22(17-20(18)27-19)31-14-7-13-28-11-5-6-12-28/h16-17H,5-15H2,1-4H3,(H,26,27). The molecule has 31 heavy (non-hydrogen) atoms. The Kier molecular flexibility index (Phi) is 6.87. The minimum atomic E-state index is 0.101. The molecule has 6 heteroatoms. The zero-order chi connectivity index (χ0) is 21.8. The Morgan fingerprint density at radius 2 is 1.90 bits per heavy atom. The van der Waals surface area contributed by atoms with Crippen molar-refractivity contribution in [2.24, 2.45) is 0 Å². The first-order chi connectivity index (χ1) is 15.0. The number of hydrogen-bond donors (Lipinski definition) is 1. The van der Waals surface area contributed by atoms with Crippen LogP contribution in [0.2, 0.25) is 0 Å². The summed E-state index contributed by atoms with van der Waals surface area (Å²) < 4.78 is 17.2. The number of fused-ring (bicyclic) bond motifs is 2. The van der Waals surface area contributed by atoms with Crippen molar-refractivity contribution in [3.05, 3.63) is 23.4 Å². The van der Waals surface area contributed by atoms with E-state index in [1.807, 2.05) is 0 Å². The highest BCUT2D eigenvalue weighted by Crippen LogP contribution is 2.46. The van der Waals surface area contributed by atoms with Crippen LogP contribution >= 0.6 is 0 Å². The Labute approximate surface area is 186 Å². The predicted molar refractivity (Wildman–Crippen MR) is 126 cm³/mol. The van der Waals surface area contributed by atoms with Crippen molar-refractivity contribution in [1.29, 1.82) is 0 Å². The molecule has 1 aliphatic heterocycles. The molecule has 0 amide bonds. The van der Waals surface area contributed by atoms with Gasteiger partial charge in [0.25, 0.3) is 0 Å². The summed E-state index contributed by atoms with van der Waals surface area (Å²) >= 11 is 0. The van der Waals surface area contributed by atoms with Crippen molar-refractivity contribution in [1.82, 2.24) is 9.88 Å². The third-order valence-electron chi connectivity index (χ3n) is 6.69. The van der Waals surface area contributed by atoms with E-state index >= 15 is 0 Å². The van der Waals surface area contributed by atoms with E-state index < -0.39 is 0 Å². The average molecular weight is 428 g/mol. The normalized spacial score (nSPS) is 17.8. The van der Waals surface area contributed by atoms with Gasteiger partial charge in [0.05, 0.1) is 25.8 Å². The Morgan fingerprint density at radius 1 is 1.10 bits per heavy atom. The molecule has 6 nitrogen and oxygen atoms in total. The summed E-state index contributed by atoms with van der Waals surface area (Å²) in [7, 11) is 3.44. The molecule has 0 saturated carbocycles. The van der Waals surface area contributed by atoms with Gasteiger partial charge >= 0.3 is 0 Å². The Balaban J connectivity index is 1.61. The van der Waals surface area contributed by atoms with Gasteiger partial charge in [0.2, 0.25) is 0 Å². The van der Waals surface area contributed by atoms with Crippen LogP contribution in [-0.2, 0) is 16.6 Å². The maximum absolute atomic E-state index is 6.16. The first kappa shape index (κ1) is 22.2. The minimum Gasteiger partial charge on any atom is -0.493 e. The molecule has 170 valence electrons. The monoisotopic (exact) mass is 427 g/mol. The number of aryl methyl sites for hydroxylation is 1. The van der Waals surface area contributed by atoms with E-state index in [0.717, 1.165) is 54.8 Å². The molecule has 2 heterocycles. The predicted octanol–water partition coefficient (Wildman–Crippen LogP) is 4.39. The van der Waals surface area contributed by atoms with Gasteiger partial charge < -0.3 is 24.4 Å². The SMILES string of the molecule is COCCNc1c2c(nc3cc(OCCCN4CCCC4)c(OC)cc13)CCC2(C)C. The second-order valence-corrected chi connectivity index (χ2v) is 9.38. The first-order valence-corrected chi connectivity index (χ1v) is 11.7. The van der Waals surface area contributed by atoms with Crippen molar-refractivity contribution in [3.8, 4) is 11.5 Å². The number of ether oxygens (including phenoxy) is 3. The van der Waals surface area contributed by atoms with E-state index in [4.69, 9.17) is 19.2 Å². The van der Waals surface area contributed by atoms with Crippen molar-refractivity contribution < 1.29 is 14.2 Å². The quantitative estimate of drug-likeness (QED) is 0.568. The lowest BCUT2D eigenvalue weighted by atomic mass is 9.85. The van der Waals surface area contributed by atoms with Gasteiger partial charge in [-0.05, 0) is 56.7 Å². The Hall–Kier alpha value is -2.05. The lowest BCUT2D eigenvalue weighted by Crippen LogP contribution is -2.22. The van der Waals surface area contributed by atoms with Crippen molar-refractivity contribution >= 4 is 16.6 Å². The third kappa shape index (κ3) is 4.75. The van der Waals surface area contributed by atoms with Crippen LogP contribution in [0.5, 0.6) is 11.5 Å². The largest absolute Gasteiger partial charge is 0.493 e. The van der Waals surface area contributed by atoms with E-state index in [-0.39, 0.29) is 5.41 Å². The highest BCUT2D eigenvalue weighted by atomic mass is 16.5. The zero-order valence-electron chi connectivity index (χ0n) is 19.6. The van der Waals surface area contributed by atoms with Crippen molar-refractivity contribution in [2.45, 2.75) is 51.4 Å². The lowest BCUT2D eigenvalue weighted by Gasteiger charge is -2.24. The molecule has 0 bridgehead atoms. The molecular formula is C25H37N3O3. The molecule has 1 aromatic heterocycles. The summed E-state index contributed by atoms with van der Waals surface area (Å²) in [5.74, 6) is 1.55. The molecule has 1 N–H and O–H groups in total. The highest BCUT2D eigenvalue weighted by molar-refractivity contribution is 5.96. The smallest absolute Gasteiger partial charge is 0.163 e. The molecule has 1 saturated heterocycles.